The quantitative estimate of drug-likeness (QED) is 0.771. The fourth-order valence-electron chi connectivity index (χ4n) is 2.11. The Balaban J connectivity index is 2.20. The van der Waals surface area contributed by atoms with Crippen molar-refractivity contribution in [1.82, 2.24) is 0 Å². The number of hydrogen-bond donors (Lipinski definition) is 0. The maximum absolute atomic E-state index is 12.2. The molecule has 6 heteroatoms. The van der Waals surface area contributed by atoms with E-state index in [1.807, 2.05) is 12.1 Å². The molecule has 0 aromatic heterocycles. The zero-order valence-electron chi connectivity index (χ0n) is 11.5. The smallest absolute Gasteiger partial charge is 0.306 e. The van der Waals surface area contributed by atoms with Gasteiger partial charge in [0.05, 0.1) is 24.9 Å². The zero-order chi connectivity index (χ0) is 14.7. The molecule has 0 saturated carbocycles. The second kappa shape index (κ2) is 5.73. The van der Waals surface area contributed by atoms with E-state index in [1.165, 1.54) is 16.9 Å². The van der Waals surface area contributed by atoms with Gasteiger partial charge < -0.3 is 14.5 Å². The van der Waals surface area contributed by atoms with Gasteiger partial charge in [-0.3, -0.25) is 14.4 Å². The molecule has 0 radical (unpaired) electrons. The van der Waals surface area contributed by atoms with Crippen molar-refractivity contribution < 1.29 is 19.1 Å². The highest BCUT2D eigenvalue weighted by molar-refractivity contribution is 6.11. The minimum absolute atomic E-state index is 0.00643. The molecule has 20 heavy (non-hydrogen) atoms. The first-order valence-corrected chi connectivity index (χ1v) is 6.27. The number of methoxy groups -OCH3 is 1. The molecule has 1 aromatic rings. The van der Waals surface area contributed by atoms with Crippen LogP contribution in [-0.2, 0) is 19.1 Å². The SMILES string of the molecule is COC(=O)CCC(=O)N1CC(=O)N(C)c2ccccc21. The highest BCUT2D eigenvalue weighted by Gasteiger charge is 2.30. The maximum atomic E-state index is 12.2. The van der Waals surface area contributed by atoms with Gasteiger partial charge in [0.1, 0.15) is 6.54 Å². The van der Waals surface area contributed by atoms with Crippen LogP contribution in [0.2, 0.25) is 0 Å². The lowest BCUT2D eigenvalue weighted by Gasteiger charge is -2.34. The van der Waals surface area contributed by atoms with Crippen LogP contribution in [0.1, 0.15) is 12.8 Å². The van der Waals surface area contributed by atoms with Crippen molar-refractivity contribution in [2.75, 3.05) is 30.5 Å². The number of ether oxygens (including phenoxy) is 1. The molecule has 106 valence electrons. The average Bonchev–Trinajstić information content (AvgIpc) is 2.48. The number of para-hydroxylation sites is 2. The van der Waals surface area contributed by atoms with Gasteiger partial charge in [-0.1, -0.05) is 12.1 Å². The fourth-order valence-corrected chi connectivity index (χ4v) is 2.11. The highest BCUT2D eigenvalue weighted by atomic mass is 16.5. The summed E-state index contributed by atoms with van der Waals surface area (Å²) in [5, 5.41) is 0. The van der Waals surface area contributed by atoms with Crippen LogP contribution < -0.4 is 9.80 Å². The topological polar surface area (TPSA) is 66.9 Å². The van der Waals surface area contributed by atoms with Crippen LogP contribution in [0.3, 0.4) is 0 Å². The van der Waals surface area contributed by atoms with Gasteiger partial charge >= 0.3 is 5.97 Å². The van der Waals surface area contributed by atoms with E-state index < -0.39 is 5.97 Å². The average molecular weight is 276 g/mol. The second-order valence-corrected chi connectivity index (χ2v) is 4.50. The van der Waals surface area contributed by atoms with Gasteiger partial charge in [0.15, 0.2) is 0 Å². The third-order valence-electron chi connectivity index (χ3n) is 3.27. The van der Waals surface area contributed by atoms with Crippen LogP contribution in [-0.4, -0.2) is 38.5 Å². The Kier molecular flexibility index (Phi) is 4.02. The van der Waals surface area contributed by atoms with Crippen LogP contribution in [0.4, 0.5) is 11.4 Å². The van der Waals surface area contributed by atoms with Crippen LogP contribution in [0.5, 0.6) is 0 Å². The van der Waals surface area contributed by atoms with Gasteiger partial charge in [-0.15, -0.1) is 0 Å². The standard InChI is InChI=1S/C14H16N2O4/c1-15-10-5-3-4-6-11(10)16(9-13(15)18)12(17)7-8-14(19)20-2/h3-6H,7-9H2,1-2H3. The minimum atomic E-state index is -0.438. The Morgan fingerprint density at radius 1 is 1.20 bits per heavy atom. The highest BCUT2D eigenvalue weighted by Crippen LogP contribution is 2.32. The van der Waals surface area contributed by atoms with E-state index in [4.69, 9.17) is 0 Å². The summed E-state index contributed by atoms with van der Waals surface area (Å²) in [7, 11) is 2.96. The third kappa shape index (κ3) is 2.64. The summed E-state index contributed by atoms with van der Waals surface area (Å²) in [6, 6.07) is 7.19. The number of fused-ring (bicyclic) bond motifs is 1. The number of nitrogens with zero attached hydrogens (tertiary/aromatic N) is 2. The molecule has 0 bridgehead atoms. The molecular weight excluding hydrogens is 260 g/mol. The lowest BCUT2D eigenvalue weighted by atomic mass is 10.1. The fraction of sp³-hybridized carbons (Fsp3) is 0.357. The molecule has 2 rings (SSSR count). The molecule has 0 N–H and O–H groups in total. The van der Waals surface area contributed by atoms with Crippen molar-refractivity contribution in [1.29, 1.82) is 0 Å². The molecule has 1 heterocycles. The number of rotatable bonds is 3. The van der Waals surface area contributed by atoms with E-state index in [0.29, 0.717) is 11.4 Å². The third-order valence-corrected chi connectivity index (χ3v) is 3.27. The Labute approximate surface area is 116 Å². The Morgan fingerprint density at radius 2 is 1.85 bits per heavy atom. The number of likely N-dealkylation sites (N-methyl/N-ethyl adjacent to an activating group) is 1. The largest absolute Gasteiger partial charge is 0.469 e. The Hall–Kier alpha value is -2.37. The van der Waals surface area contributed by atoms with Crippen LogP contribution in [0, 0.1) is 0 Å². The number of hydrogen-bond acceptors (Lipinski definition) is 4. The molecule has 0 spiro atoms. The number of esters is 1. The molecule has 6 nitrogen and oxygen atoms in total. The molecule has 1 aliphatic heterocycles. The number of carbonyl (C=O) groups is 3. The molecule has 0 aliphatic carbocycles. The van der Waals surface area contributed by atoms with E-state index in [2.05, 4.69) is 4.74 Å². The summed E-state index contributed by atoms with van der Waals surface area (Å²) in [6.07, 6.45) is 0.0377. The summed E-state index contributed by atoms with van der Waals surface area (Å²) in [4.78, 5) is 38.1. The van der Waals surface area contributed by atoms with Gasteiger partial charge in [-0.2, -0.15) is 0 Å². The van der Waals surface area contributed by atoms with Crippen molar-refractivity contribution in [2.45, 2.75) is 12.8 Å². The molecule has 0 saturated heterocycles. The van der Waals surface area contributed by atoms with Crippen LogP contribution >= 0.6 is 0 Å². The van der Waals surface area contributed by atoms with E-state index in [0.717, 1.165) is 0 Å². The lowest BCUT2D eigenvalue weighted by Crippen LogP contribution is -2.46. The normalized spacial score (nSPS) is 14.0. The lowest BCUT2D eigenvalue weighted by molar-refractivity contribution is -0.141. The second-order valence-electron chi connectivity index (χ2n) is 4.50. The summed E-state index contributed by atoms with van der Waals surface area (Å²) < 4.78 is 4.51. The molecule has 0 unspecified atom stereocenters. The minimum Gasteiger partial charge on any atom is -0.469 e. The molecule has 0 atom stereocenters. The zero-order valence-corrected chi connectivity index (χ0v) is 11.5. The van der Waals surface area contributed by atoms with E-state index in [9.17, 15) is 14.4 Å². The summed E-state index contributed by atoms with van der Waals surface area (Å²) >= 11 is 0. The monoisotopic (exact) mass is 276 g/mol. The van der Waals surface area contributed by atoms with Gasteiger partial charge in [0.2, 0.25) is 11.8 Å². The van der Waals surface area contributed by atoms with Crippen LogP contribution in [0.25, 0.3) is 0 Å². The van der Waals surface area contributed by atoms with Crippen molar-refractivity contribution in [3.05, 3.63) is 24.3 Å². The van der Waals surface area contributed by atoms with E-state index >= 15 is 0 Å². The molecule has 1 aromatic carbocycles. The van der Waals surface area contributed by atoms with E-state index in [-0.39, 0.29) is 31.2 Å². The predicted molar refractivity (Wildman–Crippen MR) is 73.5 cm³/mol. The summed E-state index contributed by atoms with van der Waals surface area (Å²) in [5.74, 6) is -0.855. The molecule has 0 fully saturated rings. The van der Waals surface area contributed by atoms with Crippen LogP contribution in [0.15, 0.2) is 24.3 Å². The van der Waals surface area contributed by atoms with E-state index in [1.54, 1.807) is 19.2 Å². The number of amides is 2. The van der Waals surface area contributed by atoms with Gasteiger partial charge in [0.25, 0.3) is 0 Å². The van der Waals surface area contributed by atoms with Crippen molar-refractivity contribution in [3.63, 3.8) is 0 Å². The predicted octanol–water partition coefficient (Wildman–Crippen LogP) is 0.949. The number of anilines is 2. The Bertz CT molecular complexity index is 556. The number of benzene rings is 1. The van der Waals surface area contributed by atoms with Crippen molar-refractivity contribution >= 4 is 29.2 Å². The first-order valence-electron chi connectivity index (χ1n) is 6.27. The Morgan fingerprint density at radius 3 is 2.50 bits per heavy atom. The van der Waals surface area contributed by atoms with Gasteiger partial charge in [0, 0.05) is 13.5 Å². The first-order chi connectivity index (χ1) is 9.54. The van der Waals surface area contributed by atoms with Gasteiger partial charge in [-0.25, -0.2) is 0 Å². The molecular formula is C14H16N2O4. The van der Waals surface area contributed by atoms with Gasteiger partial charge in [-0.05, 0) is 12.1 Å². The number of carbonyl (C=O) groups excluding carboxylic acids is 3. The summed E-state index contributed by atoms with van der Waals surface area (Å²) in [6.45, 7) is -0.00643. The first kappa shape index (κ1) is 14.0. The summed E-state index contributed by atoms with van der Waals surface area (Å²) in [5.41, 5.74) is 1.37. The van der Waals surface area contributed by atoms with Crippen molar-refractivity contribution in [2.24, 2.45) is 0 Å². The molecule has 2 amide bonds. The maximum Gasteiger partial charge on any atom is 0.306 e. The molecule has 1 aliphatic rings. The van der Waals surface area contributed by atoms with Crippen molar-refractivity contribution in [3.8, 4) is 0 Å².